The molecule has 0 saturated carbocycles. The second-order valence-electron chi connectivity index (χ2n) is 4.60. The Hall–Kier alpha value is -2.69. The van der Waals surface area contributed by atoms with Crippen LogP contribution in [-0.2, 0) is 4.74 Å². The van der Waals surface area contributed by atoms with Crippen molar-refractivity contribution in [3.05, 3.63) is 59.4 Å². The van der Waals surface area contributed by atoms with Crippen molar-refractivity contribution in [2.45, 2.75) is 6.92 Å². The Morgan fingerprint density at radius 3 is 2.59 bits per heavy atom. The van der Waals surface area contributed by atoms with Crippen molar-refractivity contribution >= 4 is 11.9 Å². The van der Waals surface area contributed by atoms with Gasteiger partial charge < -0.3 is 10.1 Å². The molecule has 2 aromatic carbocycles. The molecule has 1 N–H and O–H groups in total. The number of benzene rings is 2. The van der Waals surface area contributed by atoms with Crippen LogP contribution in [0.3, 0.4) is 0 Å². The summed E-state index contributed by atoms with van der Waals surface area (Å²) < 4.78 is 19.0. The second kappa shape index (κ2) is 6.85. The van der Waals surface area contributed by atoms with Gasteiger partial charge in [-0.05, 0) is 30.7 Å². The molecule has 0 radical (unpaired) electrons. The summed E-state index contributed by atoms with van der Waals surface area (Å²) in [4.78, 5) is 23.4. The normalized spacial score (nSPS) is 10.1. The molecule has 5 heteroatoms. The Balaban J connectivity index is 2.47. The molecule has 0 saturated heterocycles. The van der Waals surface area contributed by atoms with Gasteiger partial charge in [0.1, 0.15) is 5.82 Å². The van der Waals surface area contributed by atoms with E-state index in [1.165, 1.54) is 13.2 Å². The van der Waals surface area contributed by atoms with Crippen LogP contribution in [0.5, 0.6) is 0 Å². The Kier molecular flexibility index (Phi) is 4.88. The molecule has 0 bridgehead atoms. The fourth-order valence-corrected chi connectivity index (χ4v) is 2.11. The van der Waals surface area contributed by atoms with Crippen LogP contribution in [0.1, 0.15) is 27.6 Å². The lowest BCUT2D eigenvalue weighted by Gasteiger charge is -2.09. The number of methoxy groups -OCH3 is 1. The molecule has 0 spiro atoms. The molecule has 0 aliphatic carbocycles. The average Bonchev–Trinajstić information content (AvgIpc) is 2.54. The highest BCUT2D eigenvalue weighted by Crippen LogP contribution is 2.26. The molecule has 0 heterocycles. The zero-order valence-electron chi connectivity index (χ0n) is 12.4. The Bertz CT molecular complexity index is 713. The van der Waals surface area contributed by atoms with Crippen LogP contribution < -0.4 is 5.32 Å². The van der Waals surface area contributed by atoms with Crippen LogP contribution in [0.2, 0.25) is 0 Å². The minimum atomic E-state index is -0.737. The molecule has 4 nitrogen and oxygen atoms in total. The van der Waals surface area contributed by atoms with Crippen LogP contribution in [0.25, 0.3) is 11.1 Å². The average molecular weight is 301 g/mol. The predicted molar refractivity (Wildman–Crippen MR) is 81.2 cm³/mol. The lowest BCUT2D eigenvalue weighted by atomic mass is 10.00. The van der Waals surface area contributed by atoms with Gasteiger partial charge in [-0.25, -0.2) is 9.18 Å². The van der Waals surface area contributed by atoms with Crippen molar-refractivity contribution in [2.75, 3.05) is 13.7 Å². The number of esters is 1. The topological polar surface area (TPSA) is 55.4 Å². The van der Waals surface area contributed by atoms with Gasteiger partial charge in [-0.1, -0.05) is 24.3 Å². The highest BCUT2D eigenvalue weighted by atomic mass is 19.1. The zero-order valence-corrected chi connectivity index (χ0v) is 12.4. The molecular formula is C17H16FNO3. The number of carbonyl (C=O) groups excluding carboxylic acids is 2. The van der Waals surface area contributed by atoms with E-state index in [4.69, 9.17) is 0 Å². The first-order valence-corrected chi connectivity index (χ1v) is 6.84. The fourth-order valence-electron chi connectivity index (χ4n) is 2.11. The molecule has 1 amide bonds. The van der Waals surface area contributed by atoms with E-state index >= 15 is 0 Å². The van der Waals surface area contributed by atoms with E-state index in [1.54, 1.807) is 36.4 Å². The molecule has 0 aliphatic heterocycles. The zero-order chi connectivity index (χ0) is 16.1. The molecular weight excluding hydrogens is 285 g/mol. The summed E-state index contributed by atoms with van der Waals surface area (Å²) >= 11 is 0. The van der Waals surface area contributed by atoms with E-state index < -0.39 is 11.8 Å². The largest absolute Gasteiger partial charge is 0.465 e. The molecule has 0 unspecified atom stereocenters. The first kappa shape index (κ1) is 15.7. The minimum Gasteiger partial charge on any atom is -0.465 e. The Labute approximate surface area is 127 Å². The SMILES string of the molecule is CCNC(=O)c1cccc(-c2cccc(C(=O)OC)c2F)c1. The number of amides is 1. The second-order valence-corrected chi connectivity index (χ2v) is 4.60. The quantitative estimate of drug-likeness (QED) is 0.883. The standard InChI is InChI=1S/C17H16FNO3/c1-3-19-16(20)12-7-4-6-11(10-12)13-8-5-9-14(15(13)18)17(21)22-2/h4-10H,3H2,1-2H3,(H,19,20). The van der Waals surface area contributed by atoms with Crippen molar-refractivity contribution in [2.24, 2.45) is 0 Å². The van der Waals surface area contributed by atoms with Gasteiger partial charge >= 0.3 is 5.97 Å². The van der Waals surface area contributed by atoms with E-state index in [2.05, 4.69) is 10.1 Å². The van der Waals surface area contributed by atoms with Crippen molar-refractivity contribution < 1.29 is 18.7 Å². The number of halogens is 1. The monoisotopic (exact) mass is 301 g/mol. The summed E-state index contributed by atoms with van der Waals surface area (Å²) in [6, 6.07) is 11.1. The highest BCUT2D eigenvalue weighted by molar-refractivity contribution is 5.96. The van der Waals surface area contributed by atoms with Gasteiger partial charge in [0.2, 0.25) is 0 Å². The Morgan fingerprint density at radius 1 is 1.18 bits per heavy atom. The van der Waals surface area contributed by atoms with Gasteiger partial charge in [0, 0.05) is 17.7 Å². The van der Waals surface area contributed by atoms with Crippen LogP contribution in [-0.4, -0.2) is 25.5 Å². The van der Waals surface area contributed by atoms with Crippen LogP contribution in [0.4, 0.5) is 4.39 Å². The van der Waals surface area contributed by atoms with E-state index in [1.807, 2.05) is 6.92 Å². The maximum Gasteiger partial charge on any atom is 0.340 e. The molecule has 22 heavy (non-hydrogen) atoms. The molecule has 0 fully saturated rings. The predicted octanol–water partition coefficient (Wildman–Crippen LogP) is 3.03. The number of hydrogen-bond acceptors (Lipinski definition) is 3. The summed E-state index contributed by atoms with van der Waals surface area (Å²) in [6.07, 6.45) is 0. The van der Waals surface area contributed by atoms with Crippen molar-refractivity contribution in [1.82, 2.24) is 5.32 Å². The molecule has 114 valence electrons. The molecule has 0 aromatic heterocycles. The summed E-state index contributed by atoms with van der Waals surface area (Å²) in [5, 5.41) is 2.69. The summed E-state index contributed by atoms with van der Waals surface area (Å²) in [5.41, 5.74) is 1.06. The number of carbonyl (C=O) groups is 2. The van der Waals surface area contributed by atoms with Gasteiger partial charge in [-0.3, -0.25) is 4.79 Å². The molecule has 0 atom stereocenters. The summed E-state index contributed by atoms with van der Waals surface area (Å²) in [7, 11) is 1.20. The number of nitrogens with one attached hydrogen (secondary N) is 1. The van der Waals surface area contributed by atoms with Crippen LogP contribution in [0, 0.1) is 5.82 Å². The van der Waals surface area contributed by atoms with Gasteiger partial charge in [-0.15, -0.1) is 0 Å². The van der Waals surface area contributed by atoms with E-state index in [0.29, 0.717) is 17.7 Å². The van der Waals surface area contributed by atoms with Crippen LogP contribution >= 0.6 is 0 Å². The third-order valence-electron chi connectivity index (χ3n) is 3.18. The van der Waals surface area contributed by atoms with Crippen molar-refractivity contribution in [1.29, 1.82) is 0 Å². The van der Waals surface area contributed by atoms with Gasteiger partial charge in [0.05, 0.1) is 12.7 Å². The summed E-state index contributed by atoms with van der Waals surface area (Å²) in [5.74, 6) is -1.63. The highest BCUT2D eigenvalue weighted by Gasteiger charge is 2.17. The number of ether oxygens (including phenoxy) is 1. The lowest BCUT2D eigenvalue weighted by Crippen LogP contribution is -2.22. The molecule has 0 aliphatic rings. The van der Waals surface area contributed by atoms with Gasteiger partial charge in [-0.2, -0.15) is 0 Å². The maximum absolute atomic E-state index is 14.5. The lowest BCUT2D eigenvalue weighted by molar-refractivity contribution is 0.0595. The first-order valence-electron chi connectivity index (χ1n) is 6.84. The third kappa shape index (κ3) is 3.14. The van der Waals surface area contributed by atoms with E-state index in [-0.39, 0.29) is 17.0 Å². The van der Waals surface area contributed by atoms with E-state index in [0.717, 1.165) is 0 Å². The summed E-state index contributed by atoms with van der Waals surface area (Å²) in [6.45, 7) is 2.33. The first-order chi connectivity index (χ1) is 10.6. The maximum atomic E-state index is 14.5. The fraction of sp³-hybridized carbons (Fsp3) is 0.176. The third-order valence-corrected chi connectivity index (χ3v) is 3.18. The Morgan fingerprint density at radius 2 is 1.91 bits per heavy atom. The minimum absolute atomic E-state index is 0.136. The van der Waals surface area contributed by atoms with Crippen molar-refractivity contribution in [3.8, 4) is 11.1 Å². The van der Waals surface area contributed by atoms with Gasteiger partial charge in [0.15, 0.2) is 0 Å². The number of hydrogen-bond donors (Lipinski definition) is 1. The molecule has 2 rings (SSSR count). The van der Waals surface area contributed by atoms with Crippen LogP contribution in [0.15, 0.2) is 42.5 Å². The smallest absolute Gasteiger partial charge is 0.340 e. The van der Waals surface area contributed by atoms with Crippen molar-refractivity contribution in [3.63, 3.8) is 0 Å². The van der Waals surface area contributed by atoms with E-state index in [9.17, 15) is 14.0 Å². The van der Waals surface area contributed by atoms with Gasteiger partial charge in [0.25, 0.3) is 5.91 Å². The molecule has 2 aromatic rings. The number of rotatable bonds is 4.